The van der Waals surface area contributed by atoms with Crippen LogP contribution in [-0.2, 0) is 11.2 Å². The van der Waals surface area contributed by atoms with Crippen molar-refractivity contribution < 1.29 is 18.0 Å². The van der Waals surface area contributed by atoms with Crippen molar-refractivity contribution in [3.8, 4) is 6.07 Å². The third-order valence-electron chi connectivity index (χ3n) is 2.46. The minimum Gasteiger partial charge on any atom is -0.332 e. The first-order valence-electron chi connectivity index (χ1n) is 5.78. The Morgan fingerprint density at radius 3 is 2.65 bits per heavy atom. The molecule has 0 aliphatic carbocycles. The van der Waals surface area contributed by atoms with E-state index in [4.69, 9.17) is 5.26 Å². The van der Waals surface area contributed by atoms with Crippen LogP contribution < -0.4 is 0 Å². The van der Waals surface area contributed by atoms with Gasteiger partial charge in [0.05, 0.1) is 18.9 Å². The molecule has 1 aromatic carbocycles. The van der Waals surface area contributed by atoms with Gasteiger partial charge in [0.1, 0.15) is 6.54 Å². The molecule has 0 bridgehead atoms. The summed E-state index contributed by atoms with van der Waals surface area (Å²) in [7, 11) is 0. The molecule has 108 valence electrons. The molecule has 0 spiro atoms. The molecule has 0 atom stereocenters. The summed E-state index contributed by atoms with van der Waals surface area (Å²) in [6.07, 6.45) is -4.72. The number of benzene rings is 1. The summed E-state index contributed by atoms with van der Waals surface area (Å²) in [4.78, 5) is 12.6. The highest BCUT2D eigenvalue weighted by atomic mass is 79.9. The van der Waals surface area contributed by atoms with Gasteiger partial charge < -0.3 is 4.90 Å². The number of halogens is 4. The lowest BCUT2D eigenvalue weighted by Crippen LogP contribution is -2.40. The Morgan fingerprint density at radius 1 is 1.40 bits per heavy atom. The maximum Gasteiger partial charge on any atom is 0.406 e. The average Bonchev–Trinajstić information content (AvgIpc) is 2.33. The highest BCUT2D eigenvalue weighted by Crippen LogP contribution is 2.18. The van der Waals surface area contributed by atoms with Gasteiger partial charge in [-0.15, -0.1) is 0 Å². The molecule has 0 saturated carbocycles. The van der Waals surface area contributed by atoms with Gasteiger partial charge in [-0.3, -0.25) is 4.79 Å². The first-order chi connectivity index (χ1) is 9.31. The van der Waals surface area contributed by atoms with Gasteiger partial charge in [0.2, 0.25) is 5.91 Å². The molecule has 1 amide bonds. The van der Waals surface area contributed by atoms with Crippen molar-refractivity contribution >= 4 is 21.8 Å². The number of alkyl halides is 3. The number of carbonyl (C=O) groups excluding carboxylic acids is 1. The van der Waals surface area contributed by atoms with Crippen molar-refractivity contribution in [2.75, 3.05) is 13.1 Å². The predicted molar refractivity (Wildman–Crippen MR) is 70.7 cm³/mol. The largest absolute Gasteiger partial charge is 0.406 e. The molecule has 1 aromatic rings. The number of rotatable bonds is 5. The fraction of sp³-hybridized carbons (Fsp3) is 0.385. The molecule has 3 nitrogen and oxygen atoms in total. The first-order valence-corrected chi connectivity index (χ1v) is 6.57. The van der Waals surface area contributed by atoms with Crippen LogP contribution in [0.25, 0.3) is 0 Å². The van der Waals surface area contributed by atoms with Crippen LogP contribution in [0.2, 0.25) is 0 Å². The molecule has 1 rings (SSSR count). The number of nitrogens with zero attached hydrogens (tertiary/aromatic N) is 2. The number of hydrogen-bond acceptors (Lipinski definition) is 2. The van der Waals surface area contributed by atoms with Gasteiger partial charge in [0, 0.05) is 11.0 Å². The SMILES string of the molecule is N#CCCN(CC(F)(F)F)C(=O)Cc1cccc(Br)c1. The highest BCUT2D eigenvalue weighted by molar-refractivity contribution is 9.10. The van der Waals surface area contributed by atoms with Crippen molar-refractivity contribution in [2.24, 2.45) is 0 Å². The Hall–Kier alpha value is -1.55. The minimum absolute atomic E-state index is 0.124. The molecule has 0 aliphatic heterocycles. The van der Waals surface area contributed by atoms with Crippen LogP contribution in [0, 0.1) is 11.3 Å². The molecule has 0 saturated heterocycles. The fourth-order valence-corrected chi connectivity index (χ4v) is 2.07. The Kier molecular flexibility index (Phi) is 6.02. The topological polar surface area (TPSA) is 44.1 Å². The van der Waals surface area contributed by atoms with Crippen molar-refractivity contribution in [1.29, 1.82) is 5.26 Å². The molecule has 0 heterocycles. The normalized spacial score (nSPS) is 10.9. The van der Waals surface area contributed by atoms with E-state index in [1.54, 1.807) is 30.3 Å². The van der Waals surface area contributed by atoms with Crippen LogP contribution in [-0.4, -0.2) is 30.1 Å². The Labute approximate surface area is 123 Å². The molecular formula is C13H12BrF3N2O. The molecule has 7 heteroatoms. The molecule has 0 aliphatic rings. The predicted octanol–water partition coefficient (Wildman–Crippen LogP) is 3.30. The summed E-state index contributed by atoms with van der Waals surface area (Å²) in [6.45, 7) is -1.55. The lowest BCUT2D eigenvalue weighted by atomic mass is 10.1. The molecular weight excluding hydrogens is 337 g/mol. The van der Waals surface area contributed by atoms with Crippen LogP contribution in [0.1, 0.15) is 12.0 Å². The smallest absolute Gasteiger partial charge is 0.332 e. The lowest BCUT2D eigenvalue weighted by Gasteiger charge is -2.23. The summed E-state index contributed by atoms with van der Waals surface area (Å²) in [5.74, 6) is -0.643. The summed E-state index contributed by atoms with van der Waals surface area (Å²) in [6, 6.07) is 8.55. The second-order valence-corrected chi connectivity index (χ2v) is 5.06. The van der Waals surface area contributed by atoms with Crippen LogP contribution >= 0.6 is 15.9 Å². The van der Waals surface area contributed by atoms with Gasteiger partial charge in [-0.2, -0.15) is 18.4 Å². The molecule has 0 unspecified atom stereocenters. The molecule has 0 radical (unpaired) electrons. The quantitative estimate of drug-likeness (QED) is 0.819. The summed E-state index contributed by atoms with van der Waals surface area (Å²) in [5, 5.41) is 8.45. The van der Waals surface area contributed by atoms with Crippen LogP contribution in [0.15, 0.2) is 28.7 Å². The zero-order valence-electron chi connectivity index (χ0n) is 10.5. The zero-order chi connectivity index (χ0) is 15.2. The van der Waals surface area contributed by atoms with Crippen molar-refractivity contribution in [3.05, 3.63) is 34.3 Å². The van der Waals surface area contributed by atoms with Gasteiger partial charge in [0.15, 0.2) is 0 Å². The maximum absolute atomic E-state index is 12.4. The van der Waals surface area contributed by atoms with Gasteiger partial charge in [-0.1, -0.05) is 28.1 Å². The van der Waals surface area contributed by atoms with E-state index < -0.39 is 18.6 Å². The van der Waals surface area contributed by atoms with Gasteiger partial charge >= 0.3 is 6.18 Å². The summed E-state index contributed by atoms with van der Waals surface area (Å²) in [5.41, 5.74) is 0.619. The second kappa shape index (κ2) is 7.29. The number of amides is 1. The zero-order valence-corrected chi connectivity index (χ0v) is 12.0. The third-order valence-corrected chi connectivity index (χ3v) is 2.95. The van der Waals surface area contributed by atoms with E-state index in [0.29, 0.717) is 10.5 Å². The molecule has 0 fully saturated rings. The van der Waals surface area contributed by atoms with E-state index in [2.05, 4.69) is 15.9 Å². The fourth-order valence-electron chi connectivity index (χ4n) is 1.63. The Balaban J connectivity index is 2.75. The standard InChI is InChI=1S/C13H12BrF3N2O/c14-11-4-1-3-10(7-11)8-12(20)19(6-2-5-18)9-13(15,16)17/h1,3-4,7H,2,6,8-9H2. The Morgan fingerprint density at radius 2 is 2.10 bits per heavy atom. The van der Waals surface area contributed by atoms with Gasteiger partial charge in [0.25, 0.3) is 0 Å². The van der Waals surface area contributed by atoms with Crippen LogP contribution in [0.5, 0.6) is 0 Å². The van der Waals surface area contributed by atoms with Crippen LogP contribution in [0.3, 0.4) is 0 Å². The number of nitriles is 1. The van der Waals surface area contributed by atoms with Crippen LogP contribution in [0.4, 0.5) is 13.2 Å². The molecule has 20 heavy (non-hydrogen) atoms. The van der Waals surface area contributed by atoms with E-state index in [1.807, 2.05) is 0 Å². The van der Waals surface area contributed by atoms with E-state index >= 15 is 0 Å². The number of carbonyl (C=O) groups is 1. The van der Waals surface area contributed by atoms with Gasteiger partial charge in [-0.25, -0.2) is 0 Å². The molecule has 0 N–H and O–H groups in total. The minimum atomic E-state index is -4.47. The van der Waals surface area contributed by atoms with E-state index in [-0.39, 0.29) is 19.4 Å². The average molecular weight is 349 g/mol. The summed E-state index contributed by atoms with van der Waals surface area (Å²) < 4.78 is 38.0. The van der Waals surface area contributed by atoms with Gasteiger partial charge in [-0.05, 0) is 17.7 Å². The van der Waals surface area contributed by atoms with E-state index in [9.17, 15) is 18.0 Å². The number of hydrogen-bond donors (Lipinski definition) is 0. The molecule has 0 aromatic heterocycles. The van der Waals surface area contributed by atoms with Crippen molar-refractivity contribution in [2.45, 2.75) is 19.0 Å². The van der Waals surface area contributed by atoms with Crippen molar-refractivity contribution in [1.82, 2.24) is 4.90 Å². The summed E-state index contributed by atoms with van der Waals surface area (Å²) >= 11 is 3.23. The first kappa shape index (κ1) is 16.5. The highest BCUT2D eigenvalue weighted by Gasteiger charge is 2.32. The lowest BCUT2D eigenvalue weighted by molar-refractivity contribution is -0.160. The van der Waals surface area contributed by atoms with Crippen molar-refractivity contribution in [3.63, 3.8) is 0 Å². The van der Waals surface area contributed by atoms with E-state index in [1.165, 1.54) is 0 Å². The monoisotopic (exact) mass is 348 g/mol. The maximum atomic E-state index is 12.4. The Bertz CT molecular complexity index is 511. The second-order valence-electron chi connectivity index (χ2n) is 4.15. The third kappa shape index (κ3) is 6.06. The van der Waals surface area contributed by atoms with E-state index in [0.717, 1.165) is 4.47 Å².